The second-order valence-electron chi connectivity index (χ2n) is 5.58. The van der Waals surface area contributed by atoms with Crippen molar-refractivity contribution in [3.63, 3.8) is 0 Å². The molecule has 0 aliphatic rings. The predicted molar refractivity (Wildman–Crippen MR) is 117 cm³/mol. The lowest BCUT2D eigenvalue weighted by molar-refractivity contribution is -0.139. The molecule has 1 amide bonds. The summed E-state index contributed by atoms with van der Waals surface area (Å²) in [6, 6.07) is 11.7. The molecule has 0 heterocycles. The Morgan fingerprint density at radius 1 is 1.31 bits per heavy atom. The molecule has 0 aliphatic carbocycles. The van der Waals surface area contributed by atoms with Gasteiger partial charge >= 0.3 is 5.97 Å². The first-order valence-corrected chi connectivity index (χ1v) is 9.79. The number of amides is 1. The summed E-state index contributed by atoms with van der Waals surface area (Å²) < 4.78 is 11.4. The van der Waals surface area contributed by atoms with Crippen molar-refractivity contribution in [3.05, 3.63) is 56.1 Å². The number of nitriles is 1. The van der Waals surface area contributed by atoms with E-state index in [-0.39, 0.29) is 11.3 Å². The van der Waals surface area contributed by atoms with Crippen molar-refractivity contribution >= 4 is 57.8 Å². The number of carbonyl (C=O) groups excluding carboxylic acids is 1. The highest BCUT2D eigenvalue weighted by molar-refractivity contribution is 14.1. The molecule has 0 spiro atoms. The SMILES string of the molecule is CCOc1cc(/C=C(\C#N)C(=O)Nc2cccc(Cl)c2)cc(I)c1OCC(=O)O. The Morgan fingerprint density at radius 2 is 2.07 bits per heavy atom. The lowest BCUT2D eigenvalue weighted by Crippen LogP contribution is -2.13. The summed E-state index contributed by atoms with van der Waals surface area (Å²) in [7, 11) is 0. The number of halogens is 2. The lowest BCUT2D eigenvalue weighted by Gasteiger charge is -2.13. The highest BCUT2D eigenvalue weighted by atomic mass is 127. The van der Waals surface area contributed by atoms with Gasteiger partial charge in [0, 0.05) is 10.7 Å². The van der Waals surface area contributed by atoms with Gasteiger partial charge in [-0.2, -0.15) is 5.26 Å². The first kappa shape index (κ1) is 22.5. The second kappa shape index (κ2) is 10.7. The monoisotopic (exact) mass is 526 g/mol. The molecule has 7 nitrogen and oxygen atoms in total. The van der Waals surface area contributed by atoms with Crippen LogP contribution in [0, 0.1) is 14.9 Å². The molecule has 0 saturated heterocycles. The Bertz CT molecular complexity index is 1000. The van der Waals surface area contributed by atoms with Gasteiger partial charge in [0.2, 0.25) is 0 Å². The number of carbonyl (C=O) groups is 2. The molecule has 0 unspecified atom stereocenters. The van der Waals surface area contributed by atoms with Gasteiger partial charge in [0.05, 0.1) is 10.2 Å². The molecule has 9 heteroatoms. The normalized spacial score (nSPS) is 10.8. The zero-order valence-corrected chi connectivity index (χ0v) is 18.2. The van der Waals surface area contributed by atoms with Gasteiger partial charge < -0.3 is 19.9 Å². The molecule has 2 N–H and O–H groups in total. The predicted octanol–water partition coefficient (Wildman–Crippen LogP) is 4.35. The zero-order chi connectivity index (χ0) is 21.4. The van der Waals surface area contributed by atoms with Crippen LogP contribution in [-0.4, -0.2) is 30.2 Å². The Kier molecular flexibility index (Phi) is 8.30. The third-order valence-electron chi connectivity index (χ3n) is 3.43. The van der Waals surface area contributed by atoms with Crippen molar-refractivity contribution in [2.75, 3.05) is 18.5 Å². The van der Waals surface area contributed by atoms with Gasteiger partial charge in [-0.05, 0) is 71.5 Å². The molecule has 0 atom stereocenters. The van der Waals surface area contributed by atoms with Gasteiger partial charge in [-0.15, -0.1) is 0 Å². The minimum atomic E-state index is -1.11. The number of benzene rings is 2. The van der Waals surface area contributed by atoms with Gasteiger partial charge in [-0.1, -0.05) is 17.7 Å². The summed E-state index contributed by atoms with van der Waals surface area (Å²) in [5.41, 5.74) is 0.867. The summed E-state index contributed by atoms with van der Waals surface area (Å²) in [6.07, 6.45) is 1.41. The van der Waals surface area contributed by atoms with E-state index in [1.54, 1.807) is 43.3 Å². The van der Waals surface area contributed by atoms with Gasteiger partial charge in [-0.25, -0.2) is 4.79 Å². The molecule has 150 valence electrons. The fourth-order valence-corrected chi connectivity index (χ4v) is 3.26. The van der Waals surface area contributed by atoms with E-state index in [0.717, 1.165) is 0 Å². The van der Waals surface area contributed by atoms with Crippen LogP contribution in [0.1, 0.15) is 12.5 Å². The van der Waals surface area contributed by atoms with E-state index in [2.05, 4.69) is 5.32 Å². The molecule has 2 aromatic carbocycles. The minimum absolute atomic E-state index is 0.123. The van der Waals surface area contributed by atoms with Crippen LogP contribution >= 0.6 is 34.2 Å². The summed E-state index contributed by atoms with van der Waals surface area (Å²) >= 11 is 7.87. The first-order valence-electron chi connectivity index (χ1n) is 8.33. The van der Waals surface area contributed by atoms with Crippen LogP contribution in [-0.2, 0) is 9.59 Å². The molecule has 0 aliphatic heterocycles. The zero-order valence-electron chi connectivity index (χ0n) is 15.2. The molecule has 2 rings (SSSR count). The van der Waals surface area contributed by atoms with E-state index in [9.17, 15) is 14.9 Å². The number of hydrogen-bond donors (Lipinski definition) is 2. The number of hydrogen-bond acceptors (Lipinski definition) is 5. The Morgan fingerprint density at radius 3 is 2.69 bits per heavy atom. The fourth-order valence-electron chi connectivity index (χ4n) is 2.29. The Hall–Kier alpha value is -2.77. The van der Waals surface area contributed by atoms with Crippen LogP contribution in [0.25, 0.3) is 6.08 Å². The van der Waals surface area contributed by atoms with E-state index in [1.165, 1.54) is 6.08 Å². The number of ether oxygens (including phenoxy) is 2. The third-order valence-corrected chi connectivity index (χ3v) is 4.47. The van der Waals surface area contributed by atoms with Crippen LogP contribution < -0.4 is 14.8 Å². The molecule has 2 aromatic rings. The molecule has 0 fully saturated rings. The van der Waals surface area contributed by atoms with Crippen molar-refractivity contribution in [1.29, 1.82) is 5.26 Å². The maximum absolute atomic E-state index is 12.4. The molecular formula is C20H16ClIN2O5. The maximum Gasteiger partial charge on any atom is 0.341 e. The van der Waals surface area contributed by atoms with Crippen molar-refractivity contribution < 1.29 is 24.2 Å². The summed E-state index contributed by atoms with van der Waals surface area (Å²) in [4.78, 5) is 23.2. The van der Waals surface area contributed by atoms with E-state index in [1.807, 2.05) is 28.7 Å². The third kappa shape index (κ3) is 6.66. The topological polar surface area (TPSA) is 109 Å². The largest absolute Gasteiger partial charge is 0.490 e. The van der Waals surface area contributed by atoms with Gasteiger partial charge in [0.15, 0.2) is 18.1 Å². The van der Waals surface area contributed by atoms with Crippen LogP contribution in [0.5, 0.6) is 11.5 Å². The number of nitrogens with one attached hydrogen (secondary N) is 1. The average molecular weight is 527 g/mol. The van der Waals surface area contributed by atoms with Crippen LogP contribution in [0.3, 0.4) is 0 Å². The Labute approximate surface area is 186 Å². The number of carboxylic acids is 1. The van der Waals surface area contributed by atoms with E-state index in [0.29, 0.717) is 32.2 Å². The van der Waals surface area contributed by atoms with Gasteiger partial charge in [0.25, 0.3) is 5.91 Å². The quantitative estimate of drug-likeness (QED) is 0.301. The Balaban J connectivity index is 2.33. The molecule has 29 heavy (non-hydrogen) atoms. The molecule has 0 aromatic heterocycles. The van der Waals surface area contributed by atoms with Crippen molar-refractivity contribution in [1.82, 2.24) is 0 Å². The van der Waals surface area contributed by atoms with Crippen LogP contribution in [0.15, 0.2) is 42.0 Å². The van der Waals surface area contributed by atoms with Gasteiger partial charge in [-0.3, -0.25) is 4.79 Å². The smallest absolute Gasteiger partial charge is 0.341 e. The van der Waals surface area contributed by atoms with Crippen molar-refractivity contribution in [2.45, 2.75) is 6.92 Å². The first-order chi connectivity index (χ1) is 13.8. The molecule has 0 bridgehead atoms. The molecule has 0 radical (unpaired) electrons. The van der Waals surface area contributed by atoms with E-state index >= 15 is 0 Å². The number of aliphatic carboxylic acids is 1. The second-order valence-corrected chi connectivity index (χ2v) is 7.18. The fraction of sp³-hybridized carbons (Fsp3) is 0.150. The van der Waals surface area contributed by atoms with Crippen LogP contribution in [0.2, 0.25) is 5.02 Å². The number of rotatable bonds is 8. The standard InChI is InChI=1S/C20H16ClIN2O5/c1-2-28-17-8-12(7-16(22)19(17)29-11-18(25)26)6-13(10-23)20(27)24-15-5-3-4-14(21)9-15/h3-9H,2,11H2,1H3,(H,24,27)(H,25,26)/b13-6+. The average Bonchev–Trinajstić information content (AvgIpc) is 2.65. The number of anilines is 1. The van der Waals surface area contributed by atoms with Crippen molar-refractivity contribution in [3.8, 4) is 17.6 Å². The summed E-state index contributed by atoms with van der Waals surface area (Å²) in [5.74, 6) is -1.10. The maximum atomic E-state index is 12.4. The number of nitrogens with zero attached hydrogens (tertiary/aromatic N) is 1. The van der Waals surface area contributed by atoms with Crippen molar-refractivity contribution in [2.24, 2.45) is 0 Å². The molecule has 0 saturated carbocycles. The lowest BCUT2D eigenvalue weighted by atomic mass is 10.1. The van der Waals surface area contributed by atoms with E-state index < -0.39 is 18.5 Å². The number of carboxylic acid groups (broad SMARTS) is 1. The highest BCUT2D eigenvalue weighted by Crippen LogP contribution is 2.35. The summed E-state index contributed by atoms with van der Waals surface area (Å²) in [5, 5.41) is 21.3. The van der Waals surface area contributed by atoms with E-state index in [4.69, 9.17) is 26.2 Å². The van der Waals surface area contributed by atoms with Gasteiger partial charge in [0.1, 0.15) is 11.6 Å². The minimum Gasteiger partial charge on any atom is -0.490 e. The van der Waals surface area contributed by atoms with Crippen LogP contribution in [0.4, 0.5) is 5.69 Å². The molecular weight excluding hydrogens is 511 g/mol. The highest BCUT2D eigenvalue weighted by Gasteiger charge is 2.15. The summed E-state index contributed by atoms with van der Waals surface area (Å²) in [6.45, 7) is 1.58.